The van der Waals surface area contributed by atoms with E-state index in [-0.39, 0.29) is 18.6 Å². The number of β-amino-alcohol motifs (C(OH)–C–C–N with tert-alkyl or cyclic N) is 1. The standard InChI is InChI=1S/C18H23N3O3/c19-18(23)16-7-1-2-10-21(16)11-13(22)12-24-17-8-3-6-15-14(17)5-4-9-20-15/h3-6,8-9,13,16,22H,1-2,7,10-12H2,(H2,19,23). The van der Waals surface area contributed by atoms with E-state index < -0.39 is 6.10 Å². The molecule has 1 amide bonds. The van der Waals surface area contributed by atoms with Crippen molar-refractivity contribution in [2.45, 2.75) is 31.4 Å². The van der Waals surface area contributed by atoms with Gasteiger partial charge in [0.25, 0.3) is 0 Å². The number of pyridine rings is 1. The number of nitrogens with two attached hydrogens (primary N) is 1. The Balaban J connectivity index is 1.60. The molecule has 24 heavy (non-hydrogen) atoms. The molecule has 0 bridgehead atoms. The van der Waals surface area contributed by atoms with Gasteiger partial charge in [-0.2, -0.15) is 0 Å². The highest BCUT2D eigenvalue weighted by atomic mass is 16.5. The first-order chi connectivity index (χ1) is 11.6. The number of primary amides is 1. The number of rotatable bonds is 6. The number of aliphatic hydroxyl groups is 1. The summed E-state index contributed by atoms with van der Waals surface area (Å²) in [6.07, 6.45) is 3.84. The van der Waals surface area contributed by atoms with E-state index >= 15 is 0 Å². The summed E-state index contributed by atoms with van der Waals surface area (Å²) in [5.41, 5.74) is 6.32. The van der Waals surface area contributed by atoms with Gasteiger partial charge in [-0.15, -0.1) is 0 Å². The number of carbonyl (C=O) groups excluding carboxylic acids is 1. The van der Waals surface area contributed by atoms with Gasteiger partial charge in [0.1, 0.15) is 18.5 Å². The topological polar surface area (TPSA) is 88.7 Å². The Labute approximate surface area is 141 Å². The maximum absolute atomic E-state index is 11.5. The molecule has 2 aromatic rings. The number of benzene rings is 1. The van der Waals surface area contributed by atoms with Crippen molar-refractivity contribution in [2.75, 3.05) is 19.7 Å². The summed E-state index contributed by atoms with van der Waals surface area (Å²) in [5.74, 6) is 0.382. The van der Waals surface area contributed by atoms with E-state index in [4.69, 9.17) is 10.5 Å². The van der Waals surface area contributed by atoms with E-state index in [1.807, 2.05) is 35.2 Å². The van der Waals surface area contributed by atoms with Crippen molar-refractivity contribution < 1.29 is 14.6 Å². The van der Waals surface area contributed by atoms with Crippen LogP contribution in [0, 0.1) is 0 Å². The predicted molar refractivity (Wildman–Crippen MR) is 91.7 cm³/mol. The molecule has 0 radical (unpaired) electrons. The zero-order valence-electron chi connectivity index (χ0n) is 13.6. The molecule has 0 spiro atoms. The molecule has 0 saturated carbocycles. The number of carbonyl (C=O) groups is 1. The van der Waals surface area contributed by atoms with Crippen LogP contribution in [0.25, 0.3) is 10.9 Å². The van der Waals surface area contributed by atoms with Gasteiger partial charge in [0.2, 0.25) is 5.91 Å². The predicted octanol–water partition coefficient (Wildman–Crippen LogP) is 1.31. The molecule has 0 aliphatic carbocycles. The number of fused-ring (bicyclic) bond motifs is 1. The van der Waals surface area contributed by atoms with Crippen LogP contribution in [-0.2, 0) is 4.79 Å². The van der Waals surface area contributed by atoms with Gasteiger partial charge in [-0.05, 0) is 43.7 Å². The van der Waals surface area contributed by atoms with Crippen LogP contribution in [0.4, 0.5) is 0 Å². The minimum Gasteiger partial charge on any atom is -0.490 e. The molecule has 6 nitrogen and oxygen atoms in total. The van der Waals surface area contributed by atoms with Gasteiger partial charge in [-0.25, -0.2) is 0 Å². The molecule has 6 heteroatoms. The van der Waals surface area contributed by atoms with E-state index in [0.29, 0.717) is 12.3 Å². The third-order valence-corrected chi connectivity index (χ3v) is 4.42. The Morgan fingerprint density at radius 3 is 3.08 bits per heavy atom. The van der Waals surface area contributed by atoms with Crippen molar-refractivity contribution in [2.24, 2.45) is 5.73 Å². The summed E-state index contributed by atoms with van der Waals surface area (Å²) in [5, 5.41) is 11.2. The third kappa shape index (κ3) is 3.83. The second-order valence-corrected chi connectivity index (χ2v) is 6.20. The average molecular weight is 329 g/mol. The van der Waals surface area contributed by atoms with Crippen LogP contribution >= 0.6 is 0 Å². The van der Waals surface area contributed by atoms with Gasteiger partial charge in [-0.3, -0.25) is 14.7 Å². The molecule has 2 unspecified atom stereocenters. The lowest BCUT2D eigenvalue weighted by Gasteiger charge is -2.34. The number of nitrogens with zero attached hydrogens (tertiary/aromatic N) is 2. The molecule has 1 aliphatic heterocycles. The summed E-state index contributed by atoms with van der Waals surface area (Å²) in [6.45, 7) is 1.33. The highest BCUT2D eigenvalue weighted by molar-refractivity contribution is 5.84. The Morgan fingerprint density at radius 2 is 2.25 bits per heavy atom. The van der Waals surface area contributed by atoms with Crippen LogP contribution in [0.15, 0.2) is 36.5 Å². The number of amides is 1. The number of ether oxygens (including phenoxy) is 1. The average Bonchev–Trinajstić information content (AvgIpc) is 2.60. The maximum Gasteiger partial charge on any atom is 0.234 e. The number of hydrogen-bond acceptors (Lipinski definition) is 5. The second kappa shape index (κ2) is 7.59. The molecule has 2 atom stereocenters. The van der Waals surface area contributed by atoms with Crippen LogP contribution in [0.3, 0.4) is 0 Å². The highest BCUT2D eigenvalue weighted by Crippen LogP contribution is 2.24. The molecular weight excluding hydrogens is 306 g/mol. The quantitative estimate of drug-likeness (QED) is 0.834. The lowest BCUT2D eigenvalue weighted by molar-refractivity contribution is -0.125. The third-order valence-electron chi connectivity index (χ3n) is 4.42. The van der Waals surface area contributed by atoms with Crippen LogP contribution in [-0.4, -0.2) is 52.7 Å². The number of hydrogen-bond donors (Lipinski definition) is 2. The zero-order chi connectivity index (χ0) is 16.9. The Morgan fingerprint density at radius 1 is 1.38 bits per heavy atom. The fraction of sp³-hybridized carbons (Fsp3) is 0.444. The summed E-state index contributed by atoms with van der Waals surface area (Å²) >= 11 is 0. The minimum atomic E-state index is -0.683. The zero-order valence-corrected chi connectivity index (χ0v) is 13.6. The van der Waals surface area contributed by atoms with Crippen LogP contribution < -0.4 is 10.5 Å². The number of likely N-dealkylation sites (tertiary alicyclic amines) is 1. The largest absolute Gasteiger partial charge is 0.490 e. The monoisotopic (exact) mass is 329 g/mol. The lowest BCUT2D eigenvalue weighted by Crippen LogP contribution is -2.50. The number of aliphatic hydroxyl groups excluding tert-OH is 1. The van der Waals surface area contributed by atoms with Crippen molar-refractivity contribution in [3.63, 3.8) is 0 Å². The van der Waals surface area contributed by atoms with E-state index in [2.05, 4.69) is 4.98 Å². The molecule has 1 aliphatic rings. The summed E-state index contributed by atoms with van der Waals surface area (Å²) in [4.78, 5) is 17.8. The minimum absolute atomic E-state index is 0.163. The normalized spacial score (nSPS) is 20.0. The molecular formula is C18H23N3O3. The number of aromatic nitrogens is 1. The second-order valence-electron chi connectivity index (χ2n) is 6.20. The van der Waals surface area contributed by atoms with Crippen molar-refractivity contribution in [1.82, 2.24) is 9.88 Å². The number of piperidine rings is 1. The molecule has 1 aromatic carbocycles. The smallest absolute Gasteiger partial charge is 0.234 e. The first-order valence-corrected chi connectivity index (χ1v) is 8.33. The first-order valence-electron chi connectivity index (χ1n) is 8.33. The molecule has 1 saturated heterocycles. The highest BCUT2D eigenvalue weighted by Gasteiger charge is 2.28. The van der Waals surface area contributed by atoms with Crippen molar-refractivity contribution >= 4 is 16.8 Å². The summed E-state index contributed by atoms with van der Waals surface area (Å²) in [6, 6.07) is 9.18. The van der Waals surface area contributed by atoms with Crippen LogP contribution in [0.2, 0.25) is 0 Å². The first kappa shape index (κ1) is 16.7. The van der Waals surface area contributed by atoms with Crippen LogP contribution in [0.1, 0.15) is 19.3 Å². The maximum atomic E-state index is 11.5. The Hall–Kier alpha value is -2.18. The van der Waals surface area contributed by atoms with Gasteiger partial charge >= 0.3 is 0 Å². The van der Waals surface area contributed by atoms with Crippen molar-refractivity contribution in [3.05, 3.63) is 36.5 Å². The van der Waals surface area contributed by atoms with E-state index in [1.54, 1.807) is 6.20 Å². The molecule has 128 valence electrons. The van der Waals surface area contributed by atoms with Gasteiger partial charge < -0.3 is 15.6 Å². The van der Waals surface area contributed by atoms with E-state index in [0.717, 1.165) is 36.7 Å². The fourth-order valence-corrected chi connectivity index (χ4v) is 3.24. The van der Waals surface area contributed by atoms with Gasteiger partial charge in [0, 0.05) is 18.1 Å². The van der Waals surface area contributed by atoms with Gasteiger partial charge in [-0.1, -0.05) is 12.5 Å². The summed E-state index contributed by atoms with van der Waals surface area (Å²) < 4.78 is 5.79. The van der Waals surface area contributed by atoms with E-state index in [1.165, 1.54) is 0 Å². The summed E-state index contributed by atoms with van der Waals surface area (Å²) in [7, 11) is 0. The van der Waals surface area contributed by atoms with Crippen LogP contribution in [0.5, 0.6) is 5.75 Å². The molecule has 3 rings (SSSR count). The van der Waals surface area contributed by atoms with Crippen molar-refractivity contribution in [3.8, 4) is 5.75 Å². The van der Waals surface area contributed by atoms with Crippen molar-refractivity contribution in [1.29, 1.82) is 0 Å². The lowest BCUT2D eigenvalue weighted by atomic mass is 10.0. The van der Waals surface area contributed by atoms with Gasteiger partial charge in [0.15, 0.2) is 0 Å². The van der Waals surface area contributed by atoms with Gasteiger partial charge in [0.05, 0.1) is 11.6 Å². The SMILES string of the molecule is NC(=O)C1CCCCN1CC(O)COc1cccc2ncccc12. The van der Waals surface area contributed by atoms with E-state index in [9.17, 15) is 9.90 Å². The molecule has 1 aromatic heterocycles. The Bertz CT molecular complexity index is 701. The molecule has 2 heterocycles. The molecule has 1 fully saturated rings. The molecule has 3 N–H and O–H groups in total. The fourth-order valence-electron chi connectivity index (χ4n) is 3.24. The Kier molecular flexibility index (Phi) is 5.27.